The quantitative estimate of drug-likeness (QED) is 0.623. The molecule has 0 unspecified atom stereocenters. The van der Waals surface area contributed by atoms with Crippen LogP contribution in [0.4, 0.5) is 5.13 Å². The topological polar surface area (TPSA) is 73.3 Å². The first kappa shape index (κ1) is 15.6. The Kier molecular flexibility index (Phi) is 5.82. The first-order chi connectivity index (χ1) is 10.2. The summed E-state index contributed by atoms with van der Waals surface area (Å²) >= 11 is 2.94. The summed E-state index contributed by atoms with van der Waals surface area (Å²) in [4.78, 5) is 11.7. The molecule has 1 aromatic heterocycles. The first-order valence-corrected chi connectivity index (χ1v) is 8.04. The van der Waals surface area contributed by atoms with Gasteiger partial charge in [0.25, 0.3) is 5.91 Å². The van der Waals surface area contributed by atoms with Gasteiger partial charge in [0.15, 0.2) is 10.9 Å². The van der Waals surface area contributed by atoms with E-state index in [-0.39, 0.29) is 12.5 Å². The van der Waals surface area contributed by atoms with Crippen molar-refractivity contribution in [2.45, 2.75) is 11.3 Å². The molecule has 0 bridgehead atoms. The van der Waals surface area contributed by atoms with Gasteiger partial charge in [0.2, 0.25) is 5.13 Å². The van der Waals surface area contributed by atoms with E-state index in [2.05, 4.69) is 15.5 Å². The summed E-state index contributed by atoms with van der Waals surface area (Å²) in [5, 5.41) is 11.0. The van der Waals surface area contributed by atoms with Gasteiger partial charge in [-0.25, -0.2) is 0 Å². The number of rotatable bonds is 7. The lowest BCUT2D eigenvalue weighted by Crippen LogP contribution is -2.20. The maximum absolute atomic E-state index is 11.7. The lowest BCUT2D eigenvalue weighted by molar-refractivity contribution is -0.118. The second-order valence-electron chi connectivity index (χ2n) is 3.82. The number of thioether (sulfide) groups is 1. The minimum atomic E-state index is -0.269. The van der Waals surface area contributed by atoms with Crippen LogP contribution in [-0.4, -0.2) is 35.6 Å². The number of hydrogen-bond donors (Lipinski definition) is 1. The Hall–Kier alpha value is -1.80. The number of anilines is 1. The number of methoxy groups -OCH3 is 1. The average molecular weight is 325 g/mol. The van der Waals surface area contributed by atoms with Gasteiger partial charge in [0, 0.05) is 0 Å². The fraction of sp³-hybridized carbons (Fsp3) is 0.308. The highest BCUT2D eigenvalue weighted by molar-refractivity contribution is 8.01. The highest BCUT2D eigenvalue weighted by atomic mass is 32.2. The third-order valence-electron chi connectivity index (χ3n) is 2.35. The summed E-state index contributed by atoms with van der Waals surface area (Å²) in [5.74, 6) is 1.99. The Balaban J connectivity index is 1.80. The second-order valence-corrected chi connectivity index (χ2v) is 6.31. The molecule has 0 fully saturated rings. The van der Waals surface area contributed by atoms with E-state index in [9.17, 15) is 4.79 Å². The Morgan fingerprint density at radius 1 is 1.29 bits per heavy atom. The molecule has 0 aliphatic rings. The normalized spacial score (nSPS) is 10.2. The van der Waals surface area contributed by atoms with Gasteiger partial charge in [0.1, 0.15) is 11.5 Å². The number of amides is 1. The van der Waals surface area contributed by atoms with Gasteiger partial charge in [-0.05, 0) is 30.0 Å². The van der Waals surface area contributed by atoms with Gasteiger partial charge >= 0.3 is 0 Å². The molecular formula is C13H15N3O3S2. The summed E-state index contributed by atoms with van der Waals surface area (Å²) < 4.78 is 11.3. The van der Waals surface area contributed by atoms with Crippen molar-refractivity contribution in [2.75, 3.05) is 24.8 Å². The van der Waals surface area contributed by atoms with Gasteiger partial charge in [-0.3, -0.25) is 10.1 Å². The maximum Gasteiger partial charge on any atom is 0.264 e. The molecule has 2 rings (SSSR count). The molecule has 0 radical (unpaired) electrons. The highest BCUT2D eigenvalue weighted by Crippen LogP contribution is 2.24. The van der Waals surface area contributed by atoms with E-state index in [4.69, 9.17) is 9.47 Å². The molecule has 1 N–H and O–H groups in total. The standard InChI is InChI=1S/C13H15N3O3S2/c1-3-20-13-16-15-12(21-13)14-11(17)8-19-10-6-4-9(18-2)5-7-10/h4-7H,3,8H2,1-2H3,(H,14,15,17). The Morgan fingerprint density at radius 2 is 2.00 bits per heavy atom. The zero-order valence-electron chi connectivity index (χ0n) is 11.7. The number of nitrogens with zero attached hydrogens (tertiary/aromatic N) is 2. The van der Waals surface area contributed by atoms with Gasteiger partial charge in [-0.2, -0.15) is 0 Å². The Morgan fingerprint density at radius 3 is 2.67 bits per heavy atom. The number of ether oxygens (including phenoxy) is 2. The number of nitrogens with one attached hydrogen (secondary N) is 1. The van der Waals surface area contributed by atoms with Crippen molar-refractivity contribution < 1.29 is 14.3 Å². The summed E-state index contributed by atoms with van der Waals surface area (Å²) in [5.41, 5.74) is 0. The van der Waals surface area contributed by atoms with Gasteiger partial charge in [-0.1, -0.05) is 30.0 Å². The van der Waals surface area contributed by atoms with E-state index in [1.165, 1.54) is 11.3 Å². The van der Waals surface area contributed by atoms with Crippen molar-refractivity contribution in [3.8, 4) is 11.5 Å². The molecule has 1 heterocycles. The molecule has 2 aromatic rings. The molecule has 1 amide bonds. The van der Waals surface area contributed by atoms with Crippen LogP contribution in [0.2, 0.25) is 0 Å². The number of benzene rings is 1. The number of hydrogen-bond acceptors (Lipinski definition) is 7. The van der Waals surface area contributed by atoms with E-state index in [0.29, 0.717) is 10.9 Å². The zero-order valence-corrected chi connectivity index (χ0v) is 13.3. The van der Waals surface area contributed by atoms with Crippen molar-refractivity contribution in [3.05, 3.63) is 24.3 Å². The van der Waals surface area contributed by atoms with Crippen LogP contribution in [0.1, 0.15) is 6.92 Å². The molecule has 0 saturated carbocycles. The first-order valence-electron chi connectivity index (χ1n) is 6.24. The van der Waals surface area contributed by atoms with Crippen LogP contribution < -0.4 is 14.8 Å². The van der Waals surface area contributed by atoms with E-state index in [1.54, 1.807) is 43.1 Å². The molecule has 1 aromatic carbocycles. The SMILES string of the molecule is CCSc1nnc(NC(=O)COc2ccc(OC)cc2)s1. The number of aromatic nitrogens is 2. The van der Waals surface area contributed by atoms with E-state index < -0.39 is 0 Å². The van der Waals surface area contributed by atoms with E-state index >= 15 is 0 Å². The Bertz CT molecular complexity index is 587. The van der Waals surface area contributed by atoms with Crippen LogP contribution in [0.25, 0.3) is 0 Å². The van der Waals surface area contributed by atoms with Crippen LogP contribution in [0, 0.1) is 0 Å². The molecule has 0 atom stereocenters. The van der Waals surface area contributed by atoms with Crippen LogP contribution in [0.5, 0.6) is 11.5 Å². The number of carbonyl (C=O) groups is 1. The van der Waals surface area contributed by atoms with Crippen molar-refractivity contribution in [2.24, 2.45) is 0 Å². The molecule has 6 nitrogen and oxygen atoms in total. The molecule has 0 aliphatic carbocycles. The molecule has 8 heteroatoms. The molecular weight excluding hydrogens is 310 g/mol. The zero-order chi connectivity index (χ0) is 15.1. The molecule has 0 saturated heterocycles. The van der Waals surface area contributed by atoms with Crippen LogP contribution >= 0.6 is 23.1 Å². The highest BCUT2D eigenvalue weighted by Gasteiger charge is 2.09. The molecule has 112 valence electrons. The van der Waals surface area contributed by atoms with Crippen LogP contribution in [-0.2, 0) is 4.79 Å². The smallest absolute Gasteiger partial charge is 0.264 e. The monoisotopic (exact) mass is 325 g/mol. The van der Waals surface area contributed by atoms with Crippen LogP contribution in [0.3, 0.4) is 0 Å². The lowest BCUT2D eigenvalue weighted by Gasteiger charge is -2.06. The average Bonchev–Trinajstić information content (AvgIpc) is 2.93. The predicted octanol–water partition coefficient (Wildman–Crippen LogP) is 2.68. The molecule has 0 aliphatic heterocycles. The minimum Gasteiger partial charge on any atom is -0.497 e. The molecule has 21 heavy (non-hydrogen) atoms. The third-order valence-corrected chi connectivity index (χ3v) is 4.20. The van der Waals surface area contributed by atoms with E-state index in [0.717, 1.165) is 15.8 Å². The maximum atomic E-state index is 11.7. The second kappa shape index (κ2) is 7.84. The van der Waals surface area contributed by atoms with Crippen molar-refractivity contribution in [1.29, 1.82) is 0 Å². The molecule has 0 spiro atoms. The fourth-order valence-electron chi connectivity index (χ4n) is 1.42. The fourth-order valence-corrected chi connectivity index (χ4v) is 3.08. The summed E-state index contributed by atoms with van der Waals surface area (Å²) in [6, 6.07) is 7.03. The summed E-state index contributed by atoms with van der Waals surface area (Å²) in [6.45, 7) is 1.95. The van der Waals surface area contributed by atoms with Crippen LogP contribution in [0.15, 0.2) is 28.6 Å². The minimum absolute atomic E-state index is 0.0812. The summed E-state index contributed by atoms with van der Waals surface area (Å²) in [6.07, 6.45) is 0. The van der Waals surface area contributed by atoms with Crippen molar-refractivity contribution >= 4 is 34.1 Å². The van der Waals surface area contributed by atoms with Crippen molar-refractivity contribution in [3.63, 3.8) is 0 Å². The Labute approximate surface area is 130 Å². The largest absolute Gasteiger partial charge is 0.497 e. The number of carbonyl (C=O) groups excluding carboxylic acids is 1. The summed E-state index contributed by atoms with van der Waals surface area (Å²) in [7, 11) is 1.59. The third kappa shape index (κ3) is 4.91. The van der Waals surface area contributed by atoms with E-state index in [1.807, 2.05) is 6.92 Å². The van der Waals surface area contributed by atoms with Crippen molar-refractivity contribution in [1.82, 2.24) is 10.2 Å². The van der Waals surface area contributed by atoms with Gasteiger partial charge in [-0.15, -0.1) is 10.2 Å². The van der Waals surface area contributed by atoms with Gasteiger partial charge < -0.3 is 9.47 Å². The van der Waals surface area contributed by atoms with Gasteiger partial charge in [0.05, 0.1) is 7.11 Å². The predicted molar refractivity (Wildman–Crippen MR) is 83.4 cm³/mol. The lowest BCUT2D eigenvalue weighted by atomic mass is 10.3.